The summed E-state index contributed by atoms with van der Waals surface area (Å²) in [6.07, 6.45) is 1.24. The van der Waals surface area contributed by atoms with Gasteiger partial charge in [0.15, 0.2) is 0 Å². The zero-order valence-corrected chi connectivity index (χ0v) is 20.6. The molecule has 0 spiro atoms. The summed E-state index contributed by atoms with van der Waals surface area (Å²) < 4.78 is 6.38. The van der Waals surface area contributed by atoms with E-state index in [4.69, 9.17) is 4.74 Å². The zero-order valence-electron chi connectivity index (χ0n) is 16.0. The smallest absolute Gasteiger partial charge is 0.117 e. The van der Waals surface area contributed by atoms with Crippen molar-refractivity contribution in [1.29, 1.82) is 0 Å². The van der Waals surface area contributed by atoms with Gasteiger partial charge in [0.1, 0.15) is 5.75 Å². The molecule has 0 bridgehead atoms. The summed E-state index contributed by atoms with van der Waals surface area (Å²) in [6, 6.07) is 6.43. The van der Waals surface area contributed by atoms with Crippen molar-refractivity contribution in [2.45, 2.75) is 64.8 Å². The normalized spacial score (nSPS) is 12.0. The molecule has 0 aliphatic heterocycles. The van der Waals surface area contributed by atoms with Crippen molar-refractivity contribution in [3.8, 4) is 5.75 Å². The second-order valence-electron chi connectivity index (χ2n) is 7.88. The van der Waals surface area contributed by atoms with Gasteiger partial charge in [-0.05, 0) is 16.8 Å². The molecule has 0 saturated heterocycles. The number of rotatable bonds is 8. The van der Waals surface area contributed by atoms with E-state index in [1.807, 2.05) is 0 Å². The first-order chi connectivity index (χ1) is 10.2. The van der Waals surface area contributed by atoms with Crippen molar-refractivity contribution in [2.24, 2.45) is 0 Å². The Labute approximate surface area is 144 Å². The van der Waals surface area contributed by atoms with Crippen LogP contribution in [-0.2, 0) is 0 Å². The van der Waals surface area contributed by atoms with Crippen LogP contribution in [0.4, 0.5) is 0 Å². The van der Waals surface area contributed by atoms with Gasteiger partial charge in [0.2, 0.25) is 0 Å². The van der Waals surface area contributed by atoms with Gasteiger partial charge in [-0.1, -0.05) is 75.7 Å². The summed E-state index contributed by atoms with van der Waals surface area (Å²) in [6.45, 7) is 20.5. The van der Waals surface area contributed by atoms with Gasteiger partial charge in [0, 0.05) is 8.80 Å². The Morgan fingerprint density at radius 1 is 0.773 bits per heavy atom. The first-order valence-corrected chi connectivity index (χ1v) is 20.8. The standard InChI is InChI=1S/C17H36OSi4/c1-19(2)11-9-10-18-17-15(21(5)6)12-14(20(3)4)13-16(17)22(7)8/h12-13,19-22H,9-11H2,1-8H3. The average Bonchev–Trinajstić information content (AvgIpc) is 2.42. The maximum absolute atomic E-state index is 6.38. The van der Waals surface area contributed by atoms with Crippen LogP contribution in [-0.4, -0.2) is 41.8 Å². The molecule has 1 nitrogen and oxygen atoms in total. The quantitative estimate of drug-likeness (QED) is 0.504. The summed E-state index contributed by atoms with van der Waals surface area (Å²) in [7, 11) is -2.88. The lowest BCUT2D eigenvalue weighted by atomic mass is 10.3. The lowest BCUT2D eigenvalue weighted by Gasteiger charge is -2.22. The highest BCUT2D eigenvalue weighted by Crippen LogP contribution is 2.10. The van der Waals surface area contributed by atoms with E-state index in [0.717, 1.165) is 6.61 Å². The van der Waals surface area contributed by atoms with Crippen LogP contribution in [0.3, 0.4) is 0 Å². The summed E-state index contributed by atoms with van der Waals surface area (Å²) >= 11 is 0. The Morgan fingerprint density at radius 3 is 1.64 bits per heavy atom. The predicted octanol–water partition coefficient (Wildman–Crippen LogP) is 2.02. The van der Waals surface area contributed by atoms with Gasteiger partial charge >= 0.3 is 0 Å². The fourth-order valence-corrected chi connectivity index (χ4v) is 7.88. The Morgan fingerprint density at radius 2 is 1.27 bits per heavy atom. The highest BCUT2D eigenvalue weighted by Gasteiger charge is 2.19. The molecule has 0 radical (unpaired) electrons. The molecule has 0 heterocycles. The topological polar surface area (TPSA) is 9.23 Å². The molecule has 1 aromatic rings. The van der Waals surface area contributed by atoms with E-state index in [1.165, 1.54) is 18.2 Å². The highest BCUT2D eigenvalue weighted by atomic mass is 28.3. The molecule has 0 N–H and O–H groups in total. The zero-order chi connectivity index (χ0) is 16.9. The van der Waals surface area contributed by atoms with E-state index in [9.17, 15) is 0 Å². The largest absolute Gasteiger partial charge is 0.494 e. The molecule has 1 aromatic carbocycles. The van der Waals surface area contributed by atoms with E-state index >= 15 is 0 Å². The third kappa shape index (κ3) is 5.83. The second-order valence-corrected chi connectivity index (χ2v) is 20.1. The van der Waals surface area contributed by atoms with E-state index in [1.54, 1.807) is 15.6 Å². The molecular weight excluding hydrogens is 333 g/mol. The fraction of sp³-hybridized carbons (Fsp3) is 0.647. The van der Waals surface area contributed by atoms with E-state index in [0.29, 0.717) is 0 Å². The number of benzene rings is 1. The van der Waals surface area contributed by atoms with Crippen LogP contribution in [0.15, 0.2) is 12.1 Å². The summed E-state index contributed by atoms with van der Waals surface area (Å²) in [5.41, 5.74) is 0. The summed E-state index contributed by atoms with van der Waals surface area (Å²) in [5, 5.41) is 4.84. The molecule has 0 aliphatic carbocycles. The van der Waals surface area contributed by atoms with Crippen LogP contribution in [0.2, 0.25) is 58.4 Å². The van der Waals surface area contributed by atoms with Gasteiger partial charge < -0.3 is 4.74 Å². The predicted molar refractivity (Wildman–Crippen MR) is 116 cm³/mol. The van der Waals surface area contributed by atoms with Crippen LogP contribution >= 0.6 is 0 Å². The van der Waals surface area contributed by atoms with Crippen LogP contribution in [0.5, 0.6) is 5.75 Å². The molecule has 0 aromatic heterocycles. The van der Waals surface area contributed by atoms with Gasteiger partial charge in [-0.25, -0.2) is 0 Å². The van der Waals surface area contributed by atoms with Gasteiger partial charge in [0.25, 0.3) is 0 Å². The number of hydrogen-bond donors (Lipinski definition) is 0. The molecule has 126 valence electrons. The lowest BCUT2D eigenvalue weighted by molar-refractivity contribution is 0.322. The molecule has 0 atom stereocenters. The molecule has 5 heteroatoms. The van der Waals surface area contributed by atoms with Crippen molar-refractivity contribution in [3.05, 3.63) is 12.1 Å². The Hall–Kier alpha value is -0.112. The number of ether oxygens (including phenoxy) is 1. The number of hydrogen-bond acceptors (Lipinski definition) is 1. The van der Waals surface area contributed by atoms with Crippen LogP contribution in [0.25, 0.3) is 0 Å². The minimum atomic E-state index is -0.850. The van der Waals surface area contributed by atoms with Crippen LogP contribution in [0, 0.1) is 0 Å². The highest BCUT2D eigenvalue weighted by molar-refractivity contribution is 6.78. The van der Waals surface area contributed by atoms with Crippen LogP contribution in [0.1, 0.15) is 6.42 Å². The van der Waals surface area contributed by atoms with Crippen molar-refractivity contribution >= 4 is 50.7 Å². The SMILES string of the molecule is C[SiH](C)CCCOc1c([SiH](C)C)cc([SiH](C)C)cc1[SiH](C)C. The molecule has 0 saturated carbocycles. The summed E-state index contributed by atoms with van der Waals surface area (Å²) in [4.78, 5) is 0. The van der Waals surface area contributed by atoms with Gasteiger partial charge in [-0.3, -0.25) is 0 Å². The molecule has 0 fully saturated rings. The Bertz CT molecular complexity index is 441. The lowest BCUT2D eigenvalue weighted by Crippen LogP contribution is -2.41. The first-order valence-electron chi connectivity index (χ1n) is 9.04. The minimum Gasteiger partial charge on any atom is -0.494 e. The van der Waals surface area contributed by atoms with E-state index in [2.05, 4.69) is 64.5 Å². The van der Waals surface area contributed by atoms with Crippen molar-refractivity contribution in [1.82, 2.24) is 0 Å². The second kappa shape index (κ2) is 9.25. The first kappa shape index (κ1) is 19.9. The van der Waals surface area contributed by atoms with Gasteiger partial charge in [-0.15, -0.1) is 0 Å². The minimum absolute atomic E-state index is 0.439. The Kier molecular flexibility index (Phi) is 8.38. The van der Waals surface area contributed by atoms with E-state index < -0.39 is 35.2 Å². The molecule has 1 rings (SSSR count). The fourth-order valence-electron chi connectivity index (χ4n) is 2.72. The Balaban J connectivity index is 3.10. The van der Waals surface area contributed by atoms with Crippen molar-refractivity contribution in [2.75, 3.05) is 6.61 Å². The monoisotopic (exact) mass is 368 g/mol. The van der Waals surface area contributed by atoms with Gasteiger partial charge in [-0.2, -0.15) is 0 Å². The van der Waals surface area contributed by atoms with Gasteiger partial charge in [0.05, 0.1) is 33.0 Å². The van der Waals surface area contributed by atoms with Crippen molar-refractivity contribution in [3.63, 3.8) is 0 Å². The average molecular weight is 369 g/mol. The van der Waals surface area contributed by atoms with Crippen molar-refractivity contribution < 1.29 is 4.74 Å². The third-order valence-corrected chi connectivity index (χ3v) is 10.8. The maximum Gasteiger partial charge on any atom is 0.117 e. The molecular formula is C17H36OSi4. The van der Waals surface area contributed by atoms with Crippen LogP contribution < -0.4 is 20.3 Å². The van der Waals surface area contributed by atoms with E-state index in [-0.39, 0.29) is 0 Å². The molecule has 0 aliphatic rings. The molecule has 0 amide bonds. The molecule has 22 heavy (non-hydrogen) atoms. The molecule has 0 unspecified atom stereocenters. The summed E-state index contributed by atoms with van der Waals surface area (Å²) in [5.74, 6) is 1.31. The maximum atomic E-state index is 6.38. The third-order valence-electron chi connectivity index (χ3n) is 4.25.